The van der Waals surface area contributed by atoms with E-state index in [0.717, 1.165) is 31.6 Å². The van der Waals surface area contributed by atoms with Crippen molar-refractivity contribution in [1.82, 2.24) is 0 Å². The zero-order valence-electron chi connectivity index (χ0n) is 10.9. The third-order valence-corrected chi connectivity index (χ3v) is 5.04. The van der Waals surface area contributed by atoms with Crippen LogP contribution in [0.4, 0.5) is 0 Å². The Kier molecular flexibility index (Phi) is 2.98. The SMILES string of the molecule is C=C1CCC(=O)[C@]2(C)CC[C@@H](C(C)C)C2C1. The summed E-state index contributed by atoms with van der Waals surface area (Å²) in [5.74, 6) is 2.49. The molecule has 16 heavy (non-hydrogen) atoms. The highest BCUT2D eigenvalue weighted by atomic mass is 16.1. The Morgan fingerprint density at radius 2 is 2.06 bits per heavy atom. The molecule has 1 nitrogen and oxygen atoms in total. The van der Waals surface area contributed by atoms with E-state index in [1.807, 2.05) is 0 Å². The number of allylic oxidation sites excluding steroid dienone is 1. The minimum Gasteiger partial charge on any atom is -0.299 e. The Morgan fingerprint density at radius 1 is 1.38 bits per heavy atom. The highest BCUT2D eigenvalue weighted by molar-refractivity contribution is 5.85. The van der Waals surface area contributed by atoms with Crippen LogP contribution in [0.2, 0.25) is 0 Å². The quantitative estimate of drug-likeness (QED) is 0.611. The Hall–Kier alpha value is -0.590. The smallest absolute Gasteiger partial charge is 0.139 e. The molecule has 2 rings (SSSR count). The highest BCUT2D eigenvalue weighted by Gasteiger charge is 2.50. The molecule has 0 aromatic rings. The van der Waals surface area contributed by atoms with Crippen LogP contribution in [-0.2, 0) is 4.79 Å². The first-order valence-electron chi connectivity index (χ1n) is 6.65. The summed E-state index contributed by atoms with van der Waals surface area (Å²) in [7, 11) is 0. The van der Waals surface area contributed by atoms with Crippen molar-refractivity contribution in [2.75, 3.05) is 0 Å². The summed E-state index contributed by atoms with van der Waals surface area (Å²) < 4.78 is 0. The number of hydrogen-bond acceptors (Lipinski definition) is 1. The van der Waals surface area contributed by atoms with Crippen LogP contribution in [0.15, 0.2) is 12.2 Å². The van der Waals surface area contributed by atoms with Gasteiger partial charge in [-0.2, -0.15) is 0 Å². The predicted octanol–water partition coefficient (Wildman–Crippen LogP) is 3.98. The van der Waals surface area contributed by atoms with Gasteiger partial charge in [0.05, 0.1) is 0 Å². The molecule has 2 aliphatic rings. The molecule has 0 saturated heterocycles. The molecule has 1 heteroatoms. The van der Waals surface area contributed by atoms with Gasteiger partial charge in [-0.25, -0.2) is 0 Å². The Labute approximate surface area is 99.3 Å². The second-order valence-electron chi connectivity index (χ2n) is 6.35. The van der Waals surface area contributed by atoms with Gasteiger partial charge in [-0.1, -0.05) is 32.9 Å². The molecule has 2 aliphatic carbocycles. The van der Waals surface area contributed by atoms with Gasteiger partial charge in [0.15, 0.2) is 0 Å². The van der Waals surface area contributed by atoms with Gasteiger partial charge in [-0.15, -0.1) is 0 Å². The van der Waals surface area contributed by atoms with Crippen molar-refractivity contribution >= 4 is 5.78 Å². The second-order valence-corrected chi connectivity index (χ2v) is 6.35. The second kappa shape index (κ2) is 4.01. The summed E-state index contributed by atoms with van der Waals surface area (Å²) in [6.07, 6.45) is 5.09. The first kappa shape index (κ1) is 11.9. The fraction of sp³-hybridized carbons (Fsp3) is 0.800. The van der Waals surface area contributed by atoms with Crippen molar-refractivity contribution in [2.45, 2.75) is 52.9 Å². The fourth-order valence-electron chi connectivity index (χ4n) is 3.84. The number of hydrogen-bond donors (Lipinski definition) is 0. The monoisotopic (exact) mass is 220 g/mol. The van der Waals surface area contributed by atoms with Crippen LogP contribution in [0.25, 0.3) is 0 Å². The maximum absolute atomic E-state index is 12.3. The summed E-state index contributed by atoms with van der Waals surface area (Å²) in [5, 5.41) is 0. The number of Topliss-reactive ketones (excluding diaryl/α,β-unsaturated/α-hetero) is 1. The summed E-state index contributed by atoms with van der Waals surface area (Å²) in [4.78, 5) is 12.3. The normalized spacial score (nSPS) is 40.0. The number of rotatable bonds is 1. The first-order chi connectivity index (χ1) is 7.45. The molecule has 90 valence electrons. The van der Waals surface area contributed by atoms with E-state index in [1.54, 1.807) is 0 Å². The van der Waals surface area contributed by atoms with E-state index >= 15 is 0 Å². The molecule has 0 amide bonds. The van der Waals surface area contributed by atoms with E-state index < -0.39 is 0 Å². The molecule has 0 aromatic heterocycles. The topological polar surface area (TPSA) is 17.1 Å². The lowest BCUT2D eigenvalue weighted by molar-refractivity contribution is -0.129. The van der Waals surface area contributed by atoms with Gasteiger partial charge in [-0.3, -0.25) is 4.79 Å². The molecule has 0 bridgehead atoms. The lowest BCUT2D eigenvalue weighted by Gasteiger charge is -2.32. The minimum atomic E-state index is -0.0334. The third-order valence-electron chi connectivity index (χ3n) is 5.04. The molecule has 0 aromatic carbocycles. The standard InChI is InChI=1S/C15H24O/c1-10(2)12-7-8-15(4)13(12)9-11(3)5-6-14(15)16/h10,12-13H,3,5-9H2,1-2,4H3/t12-,13?,15+/m0/s1. The van der Waals surface area contributed by atoms with E-state index in [2.05, 4.69) is 27.4 Å². The number of carbonyl (C=O) groups excluding carboxylic acids is 1. The maximum Gasteiger partial charge on any atom is 0.139 e. The lowest BCUT2D eigenvalue weighted by atomic mass is 9.70. The molecule has 0 aliphatic heterocycles. The molecule has 0 radical (unpaired) electrons. The Balaban J connectivity index is 2.31. The summed E-state index contributed by atoms with van der Waals surface area (Å²) in [6, 6.07) is 0. The fourth-order valence-corrected chi connectivity index (χ4v) is 3.84. The van der Waals surface area contributed by atoms with Crippen LogP contribution in [-0.4, -0.2) is 5.78 Å². The van der Waals surface area contributed by atoms with Gasteiger partial charge in [0.25, 0.3) is 0 Å². The predicted molar refractivity (Wildman–Crippen MR) is 67.2 cm³/mol. The maximum atomic E-state index is 12.3. The van der Waals surface area contributed by atoms with Gasteiger partial charge in [0.2, 0.25) is 0 Å². The number of ketones is 1. The van der Waals surface area contributed by atoms with Crippen molar-refractivity contribution in [3.05, 3.63) is 12.2 Å². The Morgan fingerprint density at radius 3 is 2.69 bits per heavy atom. The van der Waals surface area contributed by atoms with E-state index in [-0.39, 0.29) is 5.41 Å². The van der Waals surface area contributed by atoms with Crippen LogP contribution >= 0.6 is 0 Å². The average Bonchev–Trinajstić information content (AvgIpc) is 2.49. The molecule has 0 heterocycles. The van der Waals surface area contributed by atoms with Crippen molar-refractivity contribution in [1.29, 1.82) is 0 Å². The zero-order chi connectivity index (χ0) is 11.9. The van der Waals surface area contributed by atoms with Crippen LogP contribution < -0.4 is 0 Å². The zero-order valence-corrected chi connectivity index (χ0v) is 10.9. The van der Waals surface area contributed by atoms with Crippen molar-refractivity contribution < 1.29 is 4.79 Å². The molecule has 0 spiro atoms. The molecule has 2 saturated carbocycles. The van der Waals surface area contributed by atoms with Crippen LogP contribution in [0.5, 0.6) is 0 Å². The van der Waals surface area contributed by atoms with Crippen molar-refractivity contribution in [2.24, 2.45) is 23.2 Å². The van der Waals surface area contributed by atoms with E-state index in [1.165, 1.54) is 12.0 Å². The molecular formula is C15H24O. The van der Waals surface area contributed by atoms with E-state index in [9.17, 15) is 4.79 Å². The molecular weight excluding hydrogens is 196 g/mol. The number of fused-ring (bicyclic) bond motifs is 1. The van der Waals surface area contributed by atoms with Gasteiger partial charge in [0.1, 0.15) is 5.78 Å². The minimum absolute atomic E-state index is 0.0334. The summed E-state index contributed by atoms with van der Waals surface area (Å²) in [6.45, 7) is 11.0. The van der Waals surface area contributed by atoms with Gasteiger partial charge in [0, 0.05) is 11.8 Å². The summed E-state index contributed by atoms with van der Waals surface area (Å²) >= 11 is 0. The third kappa shape index (κ3) is 1.74. The van der Waals surface area contributed by atoms with Gasteiger partial charge >= 0.3 is 0 Å². The van der Waals surface area contributed by atoms with Crippen molar-refractivity contribution in [3.63, 3.8) is 0 Å². The molecule has 3 atom stereocenters. The molecule has 1 unspecified atom stereocenters. The van der Waals surface area contributed by atoms with Gasteiger partial charge < -0.3 is 0 Å². The molecule has 2 fully saturated rings. The van der Waals surface area contributed by atoms with Crippen LogP contribution in [0.3, 0.4) is 0 Å². The first-order valence-corrected chi connectivity index (χ1v) is 6.65. The van der Waals surface area contributed by atoms with Gasteiger partial charge in [-0.05, 0) is 43.4 Å². The number of carbonyl (C=O) groups is 1. The van der Waals surface area contributed by atoms with Crippen LogP contribution in [0, 0.1) is 23.2 Å². The highest BCUT2D eigenvalue weighted by Crippen LogP contribution is 2.54. The van der Waals surface area contributed by atoms with Crippen LogP contribution in [0.1, 0.15) is 52.9 Å². The van der Waals surface area contributed by atoms with E-state index in [0.29, 0.717) is 17.6 Å². The Bertz CT molecular complexity index is 315. The molecule has 0 N–H and O–H groups in total. The van der Waals surface area contributed by atoms with E-state index in [4.69, 9.17) is 0 Å². The van der Waals surface area contributed by atoms with Crippen molar-refractivity contribution in [3.8, 4) is 0 Å². The lowest BCUT2D eigenvalue weighted by Crippen LogP contribution is -2.33. The summed E-state index contributed by atoms with van der Waals surface area (Å²) in [5.41, 5.74) is 1.27. The average molecular weight is 220 g/mol. The largest absolute Gasteiger partial charge is 0.299 e.